The molecule has 2 aromatic carbocycles. The third kappa shape index (κ3) is 7.08. The van der Waals surface area contributed by atoms with Gasteiger partial charge in [-0.25, -0.2) is 4.98 Å². The van der Waals surface area contributed by atoms with E-state index in [1.165, 1.54) is 47.4 Å². The first-order valence-electron chi connectivity index (χ1n) is 10.6. The summed E-state index contributed by atoms with van der Waals surface area (Å²) in [6.45, 7) is 1.67. The number of thiazole rings is 1. The summed E-state index contributed by atoms with van der Waals surface area (Å²) in [4.78, 5) is 41.6. The summed E-state index contributed by atoms with van der Waals surface area (Å²) in [6, 6.07) is 13.0. The van der Waals surface area contributed by atoms with Crippen LogP contribution in [0.1, 0.15) is 33.4 Å². The topological polar surface area (TPSA) is 167 Å². The van der Waals surface area contributed by atoms with Gasteiger partial charge in [0.25, 0.3) is 11.6 Å². The highest BCUT2D eigenvalue weighted by molar-refractivity contribution is 7.15. The Kier molecular flexibility index (Phi) is 8.10. The van der Waals surface area contributed by atoms with Crippen molar-refractivity contribution in [1.29, 1.82) is 5.41 Å². The Morgan fingerprint density at radius 1 is 1.11 bits per heavy atom. The van der Waals surface area contributed by atoms with Crippen molar-refractivity contribution in [2.45, 2.75) is 26.3 Å². The maximum absolute atomic E-state index is 12.9. The molecule has 182 valence electrons. The largest absolute Gasteiger partial charge is 0.370 e. The van der Waals surface area contributed by atoms with Crippen LogP contribution < -0.4 is 16.4 Å². The van der Waals surface area contributed by atoms with E-state index in [1.807, 2.05) is 24.3 Å². The molecule has 0 aliphatic heterocycles. The lowest BCUT2D eigenvalue weighted by molar-refractivity contribution is -0.384. The molecule has 0 saturated carbocycles. The number of carbonyl (C=O) groups excluding carboxylic acids is 2. The van der Waals surface area contributed by atoms with Crippen molar-refractivity contribution in [3.05, 3.63) is 80.3 Å². The summed E-state index contributed by atoms with van der Waals surface area (Å²) in [6.07, 6.45) is 1.26. The number of nitrogens with zero attached hydrogens (tertiary/aromatic N) is 3. The molecule has 0 bridgehead atoms. The van der Waals surface area contributed by atoms with Gasteiger partial charge in [0, 0.05) is 42.2 Å². The molecule has 1 heterocycles. The third-order valence-corrected chi connectivity index (χ3v) is 6.00. The van der Waals surface area contributed by atoms with Crippen molar-refractivity contribution in [2.75, 3.05) is 17.7 Å². The van der Waals surface area contributed by atoms with Gasteiger partial charge in [0.15, 0.2) is 11.1 Å². The number of benzene rings is 2. The van der Waals surface area contributed by atoms with Crippen LogP contribution >= 0.6 is 11.3 Å². The maximum Gasteiger partial charge on any atom is 0.269 e. The Morgan fingerprint density at radius 3 is 2.34 bits per heavy atom. The van der Waals surface area contributed by atoms with E-state index < -0.39 is 4.92 Å². The van der Waals surface area contributed by atoms with Gasteiger partial charge in [-0.05, 0) is 42.7 Å². The molecule has 0 spiro atoms. The number of hydrogen-bond donors (Lipinski definition) is 4. The summed E-state index contributed by atoms with van der Waals surface area (Å²) >= 11 is 1.31. The summed E-state index contributed by atoms with van der Waals surface area (Å²) in [5.41, 5.74) is 8.14. The molecule has 0 unspecified atom stereocenters. The Labute approximate surface area is 205 Å². The Bertz CT molecular complexity index is 1240. The van der Waals surface area contributed by atoms with Crippen LogP contribution in [0.2, 0.25) is 0 Å². The molecular weight excluding hydrogens is 470 g/mol. The monoisotopic (exact) mass is 495 g/mol. The van der Waals surface area contributed by atoms with Crippen LogP contribution in [0, 0.1) is 15.5 Å². The summed E-state index contributed by atoms with van der Waals surface area (Å²) in [7, 11) is 1.64. The van der Waals surface area contributed by atoms with E-state index in [1.54, 1.807) is 7.05 Å². The second-order valence-electron chi connectivity index (χ2n) is 7.77. The van der Waals surface area contributed by atoms with Gasteiger partial charge < -0.3 is 21.3 Å². The van der Waals surface area contributed by atoms with Gasteiger partial charge in [-0.2, -0.15) is 0 Å². The summed E-state index contributed by atoms with van der Waals surface area (Å²) in [5.74, 6) is -0.655. The van der Waals surface area contributed by atoms with Gasteiger partial charge in [0.1, 0.15) is 0 Å². The molecule has 0 aliphatic carbocycles. The number of guanidine groups is 1. The molecule has 11 nitrogen and oxygen atoms in total. The number of aryl methyl sites for hydroxylation is 2. The number of aromatic nitrogens is 1. The number of anilines is 2. The van der Waals surface area contributed by atoms with Crippen molar-refractivity contribution >= 4 is 45.6 Å². The molecule has 0 atom stereocenters. The van der Waals surface area contributed by atoms with Crippen molar-refractivity contribution < 1.29 is 14.5 Å². The quantitative estimate of drug-likeness (QED) is 0.153. The molecule has 3 rings (SSSR count). The predicted molar refractivity (Wildman–Crippen MR) is 135 cm³/mol. The predicted octanol–water partition coefficient (Wildman–Crippen LogP) is 3.37. The third-order valence-electron chi connectivity index (χ3n) is 5.00. The van der Waals surface area contributed by atoms with Crippen molar-refractivity contribution in [2.24, 2.45) is 5.73 Å². The molecule has 1 aromatic heterocycles. The molecule has 3 aromatic rings. The number of nitro benzene ring substituents is 1. The minimum atomic E-state index is -0.515. The number of nitro groups is 1. The Balaban J connectivity index is 1.73. The second kappa shape index (κ2) is 11.2. The minimum Gasteiger partial charge on any atom is -0.370 e. The van der Waals surface area contributed by atoms with Crippen LogP contribution in [-0.4, -0.2) is 39.6 Å². The van der Waals surface area contributed by atoms with Crippen molar-refractivity contribution in [1.82, 2.24) is 9.88 Å². The molecule has 5 N–H and O–H groups in total. The van der Waals surface area contributed by atoms with Crippen LogP contribution in [0.5, 0.6) is 0 Å². The average Bonchev–Trinajstić information content (AvgIpc) is 3.17. The zero-order valence-corrected chi connectivity index (χ0v) is 20.0. The molecule has 35 heavy (non-hydrogen) atoms. The van der Waals surface area contributed by atoms with Gasteiger partial charge in [0.05, 0.1) is 17.2 Å². The molecule has 0 radical (unpaired) electrons. The van der Waals surface area contributed by atoms with Gasteiger partial charge in [-0.1, -0.05) is 23.5 Å². The van der Waals surface area contributed by atoms with E-state index in [0.717, 1.165) is 21.8 Å². The zero-order valence-electron chi connectivity index (χ0n) is 19.2. The van der Waals surface area contributed by atoms with Crippen LogP contribution in [0.25, 0.3) is 0 Å². The fraction of sp³-hybridized carbons (Fsp3) is 0.217. The van der Waals surface area contributed by atoms with Crippen molar-refractivity contribution in [3.8, 4) is 0 Å². The fourth-order valence-electron chi connectivity index (χ4n) is 3.31. The van der Waals surface area contributed by atoms with Crippen LogP contribution in [0.4, 0.5) is 16.5 Å². The van der Waals surface area contributed by atoms with Gasteiger partial charge in [-0.3, -0.25) is 25.1 Å². The summed E-state index contributed by atoms with van der Waals surface area (Å²) < 4.78 is 0. The van der Waals surface area contributed by atoms with Crippen LogP contribution in [0.15, 0.2) is 48.5 Å². The smallest absolute Gasteiger partial charge is 0.269 e. The number of carbonyl (C=O) groups is 2. The first-order valence-corrected chi connectivity index (χ1v) is 11.4. The number of amides is 2. The lowest BCUT2D eigenvalue weighted by Crippen LogP contribution is -2.26. The van der Waals surface area contributed by atoms with E-state index in [0.29, 0.717) is 23.5 Å². The number of nitrogens with one attached hydrogen (secondary N) is 3. The van der Waals surface area contributed by atoms with Crippen LogP contribution in [-0.2, 0) is 24.2 Å². The van der Waals surface area contributed by atoms with Crippen LogP contribution in [0.3, 0.4) is 0 Å². The summed E-state index contributed by atoms with van der Waals surface area (Å²) in [5, 5.41) is 24.0. The molecule has 0 aliphatic rings. The molecule has 12 heteroatoms. The normalized spacial score (nSPS) is 10.5. The Hall–Kier alpha value is -4.32. The van der Waals surface area contributed by atoms with Gasteiger partial charge in [-0.15, -0.1) is 0 Å². The highest BCUT2D eigenvalue weighted by Gasteiger charge is 2.19. The Morgan fingerprint density at radius 2 is 1.77 bits per heavy atom. The molecule has 0 fully saturated rings. The van der Waals surface area contributed by atoms with Gasteiger partial charge in [0.2, 0.25) is 5.91 Å². The SMILES string of the molecule is CC(=O)Nc1nc(CCc2ccc(NC(=N)N)cc2)c(CN(C)C(=O)c2ccc([N+](=O)[O-])cc2)s1. The van der Waals surface area contributed by atoms with E-state index in [4.69, 9.17) is 11.1 Å². The highest BCUT2D eigenvalue weighted by atomic mass is 32.1. The van der Waals surface area contributed by atoms with Gasteiger partial charge >= 0.3 is 0 Å². The maximum atomic E-state index is 12.9. The zero-order chi connectivity index (χ0) is 25.5. The first kappa shape index (κ1) is 25.3. The second-order valence-corrected chi connectivity index (χ2v) is 8.85. The first-order chi connectivity index (χ1) is 16.6. The van der Waals surface area contributed by atoms with E-state index in [-0.39, 0.29) is 30.0 Å². The number of hydrogen-bond acceptors (Lipinski definition) is 7. The standard InChI is InChI=1S/C23H25N7O4S/c1-14(31)26-23-28-19(12-5-15-3-8-17(9-4-15)27-22(24)25)20(35-23)13-29(2)21(32)16-6-10-18(11-7-16)30(33)34/h3-4,6-11H,5,12-13H2,1-2H3,(H4,24,25,27)(H,26,28,31). The lowest BCUT2D eigenvalue weighted by atomic mass is 10.1. The number of rotatable bonds is 9. The lowest BCUT2D eigenvalue weighted by Gasteiger charge is -2.17. The molecular formula is C23H25N7O4S. The van der Waals surface area contributed by atoms with E-state index in [9.17, 15) is 19.7 Å². The van der Waals surface area contributed by atoms with E-state index >= 15 is 0 Å². The minimum absolute atomic E-state index is 0.0843. The highest BCUT2D eigenvalue weighted by Crippen LogP contribution is 2.26. The van der Waals surface area contributed by atoms with Crippen molar-refractivity contribution in [3.63, 3.8) is 0 Å². The fourth-order valence-corrected chi connectivity index (χ4v) is 4.42. The van der Waals surface area contributed by atoms with E-state index in [2.05, 4.69) is 15.6 Å². The molecule has 2 amide bonds. The number of nitrogens with two attached hydrogens (primary N) is 1. The molecule has 0 saturated heterocycles. The average molecular weight is 496 g/mol. The number of non-ortho nitro benzene ring substituents is 1.